The van der Waals surface area contributed by atoms with Crippen molar-refractivity contribution >= 4 is 39.1 Å². The molecule has 0 aromatic heterocycles. The molecule has 0 spiro atoms. The Kier molecular flexibility index (Phi) is 10.8. The van der Waals surface area contributed by atoms with Crippen LogP contribution in [0.2, 0.25) is 5.02 Å². The Balaban J connectivity index is 1.81. The second-order valence-electron chi connectivity index (χ2n) is 10.8. The van der Waals surface area contributed by atoms with Crippen molar-refractivity contribution in [3.63, 3.8) is 0 Å². The predicted octanol–water partition coefficient (Wildman–Crippen LogP) is 6.15. The summed E-state index contributed by atoms with van der Waals surface area (Å²) in [4.78, 5) is 29.3. The molecule has 0 aliphatic carbocycles. The molecule has 2 amide bonds. The number of benzene rings is 4. The minimum absolute atomic E-state index is 0.0191. The van der Waals surface area contributed by atoms with Crippen LogP contribution >= 0.6 is 11.6 Å². The van der Waals surface area contributed by atoms with Gasteiger partial charge >= 0.3 is 0 Å². The van der Waals surface area contributed by atoms with Crippen molar-refractivity contribution in [2.45, 2.75) is 50.7 Å². The largest absolute Gasteiger partial charge is 0.352 e. The molecule has 4 aromatic rings. The number of hydrogen-bond acceptors (Lipinski definition) is 4. The van der Waals surface area contributed by atoms with Gasteiger partial charge in [-0.1, -0.05) is 83.9 Å². The topological polar surface area (TPSA) is 86.8 Å². The molecule has 0 bridgehead atoms. The molecule has 0 radical (unpaired) electrons. The third-order valence-electron chi connectivity index (χ3n) is 6.98. The van der Waals surface area contributed by atoms with Crippen molar-refractivity contribution in [2.24, 2.45) is 0 Å². The van der Waals surface area contributed by atoms with Crippen molar-refractivity contribution in [3.05, 3.63) is 131 Å². The van der Waals surface area contributed by atoms with E-state index in [-0.39, 0.29) is 29.6 Å². The lowest BCUT2D eigenvalue weighted by Crippen LogP contribution is -2.54. The number of sulfonamides is 1. The first-order chi connectivity index (χ1) is 21.0. The van der Waals surface area contributed by atoms with Crippen LogP contribution in [0.5, 0.6) is 0 Å². The Morgan fingerprint density at radius 2 is 1.45 bits per heavy atom. The van der Waals surface area contributed by atoms with Crippen LogP contribution < -0.4 is 9.62 Å². The monoisotopic (exact) mass is 635 g/mol. The van der Waals surface area contributed by atoms with E-state index >= 15 is 4.39 Å². The van der Waals surface area contributed by atoms with Crippen molar-refractivity contribution in [3.8, 4) is 0 Å². The Hall–Kier alpha value is -4.21. The van der Waals surface area contributed by atoms with Gasteiger partial charge in [0.25, 0.3) is 10.0 Å². The van der Waals surface area contributed by atoms with E-state index in [9.17, 15) is 18.0 Å². The van der Waals surface area contributed by atoms with Crippen molar-refractivity contribution in [1.29, 1.82) is 0 Å². The molecule has 1 atom stereocenters. The quantitative estimate of drug-likeness (QED) is 0.202. The maximum absolute atomic E-state index is 15.2. The number of nitrogens with one attached hydrogen (secondary N) is 1. The van der Waals surface area contributed by atoms with E-state index in [0.29, 0.717) is 10.6 Å². The third-order valence-corrected chi connectivity index (χ3v) is 9.00. The number of anilines is 1. The molecule has 0 aliphatic rings. The van der Waals surface area contributed by atoms with Crippen LogP contribution in [0, 0.1) is 12.7 Å². The number of aryl methyl sites for hydroxylation is 1. The van der Waals surface area contributed by atoms with Crippen molar-refractivity contribution in [2.75, 3.05) is 10.8 Å². The van der Waals surface area contributed by atoms with Gasteiger partial charge in [0.1, 0.15) is 18.4 Å². The predicted molar refractivity (Wildman–Crippen MR) is 171 cm³/mol. The third kappa shape index (κ3) is 8.24. The van der Waals surface area contributed by atoms with Gasteiger partial charge in [0, 0.05) is 24.0 Å². The van der Waals surface area contributed by atoms with Crippen LogP contribution in [0.1, 0.15) is 30.5 Å². The highest BCUT2D eigenvalue weighted by Crippen LogP contribution is 2.27. The number of nitrogens with zero attached hydrogens (tertiary/aromatic N) is 2. The first kappa shape index (κ1) is 32.7. The first-order valence-corrected chi connectivity index (χ1v) is 16.0. The molecule has 7 nitrogen and oxygen atoms in total. The van der Waals surface area contributed by atoms with E-state index in [1.54, 1.807) is 36.4 Å². The molecule has 0 fully saturated rings. The average Bonchev–Trinajstić information content (AvgIpc) is 2.99. The molecule has 4 aromatic carbocycles. The summed E-state index contributed by atoms with van der Waals surface area (Å²) in [5, 5.41) is 3.40. The highest BCUT2D eigenvalue weighted by Gasteiger charge is 2.35. The number of rotatable bonds is 12. The maximum Gasteiger partial charge on any atom is 0.264 e. The molecule has 0 unspecified atom stereocenters. The highest BCUT2D eigenvalue weighted by atomic mass is 35.5. The zero-order valence-electron chi connectivity index (χ0n) is 24.8. The summed E-state index contributed by atoms with van der Waals surface area (Å²) in [7, 11) is -4.40. The minimum atomic E-state index is -4.40. The van der Waals surface area contributed by atoms with E-state index < -0.39 is 40.2 Å². The molecule has 10 heteroatoms. The van der Waals surface area contributed by atoms with Crippen molar-refractivity contribution in [1.82, 2.24) is 10.2 Å². The summed E-state index contributed by atoms with van der Waals surface area (Å²) < 4.78 is 43.9. The van der Waals surface area contributed by atoms with Crippen LogP contribution in [0.4, 0.5) is 10.1 Å². The molecule has 0 heterocycles. The number of carbonyl (C=O) groups is 2. The summed E-state index contributed by atoms with van der Waals surface area (Å²) in [5.74, 6) is -1.89. The van der Waals surface area contributed by atoms with Crippen LogP contribution in [-0.2, 0) is 32.6 Å². The molecule has 44 heavy (non-hydrogen) atoms. The van der Waals surface area contributed by atoms with E-state index in [0.717, 1.165) is 21.5 Å². The average molecular weight is 636 g/mol. The molecule has 1 N–H and O–H groups in total. The summed E-state index contributed by atoms with van der Waals surface area (Å²) >= 11 is 6.10. The summed E-state index contributed by atoms with van der Waals surface area (Å²) in [6.07, 6.45) is 0.170. The second kappa shape index (κ2) is 14.5. The SMILES string of the molecule is Cc1ccc(S(=O)(=O)N(CC(=O)N(Cc2ccc(Cl)cc2)[C@@H](Cc2ccccc2)C(=O)NC(C)C)c2ccccc2F)cc1. The number of amides is 2. The van der Waals surface area contributed by atoms with Gasteiger partial charge in [-0.3, -0.25) is 13.9 Å². The Bertz CT molecular complexity index is 1680. The molecule has 230 valence electrons. The standard InChI is InChI=1S/C34H35ClFN3O4S/c1-24(2)37-34(41)32(21-26-9-5-4-6-10-26)38(22-27-15-17-28(35)18-16-27)33(40)23-39(31-12-8-7-11-30(31)36)44(42,43)29-19-13-25(3)14-20-29/h4-20,24,32H,21-23H2,1-3H3,(H,37,41)/t32-/m0/s1. The molecular weight excluding hydrogens is 601 g/mol. The van der Waals surface area contributed by atoms with Crippen molar-refractivity contribution < 1.29 is 22.4 Å². The smallest absolute Gasteiger partial charge is 0.264 e. The fourth-order valence-electron chi connectivity index (χ4n) is 4.73. The lowest BCUT2D eigenvalue weighted by atomic mass is 10.0. The van der Waals surface area contributed by atoms with Crippen LogP contribution in [0.3, 0.4) is 0 Å². The van der Waals surface area contributed by atoms with Gasteiger partial charge in [-0.05, 0) is 68.3 Å². The molecule has 0 aliphatic heterocycles. The van der Waals surface area contributed by atoms with Gasteiger partial charge in [0.2, 0.25) is 11.8 Å². The van der Waals surface area contributed by atoms with E-state index in [2.05, 4.69) is 5.32 Å². The Morgan fingerprint density at radius 3 is 2.07 bits per heavy atom. The van der Waals surface area contributed by atoms with Gasteiger partial charge in [-0.2, -0.15) is 0 Å². The van der Waals surface area contributed by atoms with Crippen LogP contribution in [0.15, 0.2) is 108 Å². The fraction of sp³-hybridized carbons (Fsp3) is 0.235. The molecule has 0 saturated carbocycles. The second-order valence-corrected chi connectivity index (χ2v) is 13.1. The summed E-state index contributed by atoms with van der Waals surface area (Å²) in [5.41, 5.74) is 2.05. The lowest BCUT2D eigenvalue weighted by Gasteiger charge is -2.34. The molecule has 4 rings (SSSR count). The van der Waals surface area contributed by atoms with Crippen LogP contribution in [0.25, 0.3) is 0 Å². The first-order valence-electron chi connectivity index (χ1n) is 14.2. The molecular formula is C34H35ClFN3O4S. The highest BCUT2D eigenvalue weighted by molar-refractivity contribution is 7.92. The van der Waals surface area contributed by atoms with Gasteiger partial charge in [0.15, 0.2) is 0 Å². The fourth-order valence-corrected chi connectivity index (χ4v) is 6.27. The summed E-state index contributed by atoms with van der Waals surface area (Å²) in [6, 6.07) is 26.3. The van der Waals surface area contributed by atoms with E-state index in [1.165, 1.54) is 35.2 Å². The number of halogens is 2. The number of hydrogen-bond donors (Lipinski definition) is 1. The van der Waals surface area contributed by atoms with Gasteiger partial charge in [-0.15, -0.1) is 0 Å². The van der Waals surface area contributed by atoms with E-state index in [4.69, 9.17) is 11.6 Å². The number of carbonyl (C=O) groups excluding carboxylic acids is 2. The van der Waals surface area contributed by atoms with Gasteiger partial charge in [0.05, 0.1) is 10.6 Å². The van der Waals surface area contributed by atoms with Gasteiger partial charge < -0.3 is 10.2 Å². The number of para-hydroxylation sites is 1. The summed E-state index contributed by atoms with van der Waals surface area (Å²) in [6.45, 7) is 4.69. The zero-order chi connectivity index (χ0) is 31.9. The van der Waals surface area contributed by atoms with Crippen LogP contribution in [-0.4, -0.2) is 43.8 Å². The minimum Gasteiger partial charge on any atom is -0.352 e. The normalized spacial score (nSPS) is 12.0. The maximum atomic E-state index is 15.2. The van der Waals surface area contributed by atoms with Gasteiger partial charge in [-0.25, -0.2) is 12.8 Å². The lowest BCUT2D eigenvalue weighted by molar-refractivity contribution is -0.140. The Morgan fingerprint density at radius 1 is 0.841 bits per heavy atom. The van der Waals surface area contributed by atoms with E-state index in [1.807, 2.05) is 51.1 Å². The zero-order valence-corrected chi connectivity index (χ0v) is 26.4. The Labute approximate surface area is 263 Å². The molecule has 0 saturated heterocycles.